The highest BCUT2D eigenvalue weighted by Gasteiger charge is 2.24. The van der Waals surface area contributed by atoms with Crippen molar-refractivity contribution in [3.05, 3.63) is 78.0 Å². The number of esters is 2. The Bertz CT molecular complexity index is 2000. The number of Topliss-reactive ketones (excluding diaryl/α,β-unsaturated/α-hetero) is 1. The molecule has 2 aromatic carbocycles. The maximum absolute atomic E-state index is 12.6. The maximum Gasteiger partial charge on any atom is 0.337 e. The lowest BCUT2D eigenvalue weighted by Crippen LogP contribution is -2.41. The second kappa shape index (κ2) is 14.7. The van der Waals surface area contributed by atoms with Crippen LogP contribution in [-0.4, -0.2) is 83.5 Å². The molecule has 4 heterocycles. The molecule has 254 valence electrons. The Balaban J connectivity index is 0.000000188. The first-order chi connectivity index (χ1) is 22.9. The third kappa shape index (κ3) is 7.45. The molecule has 0 unspecified atom stereocenters. The molecule has 2 aliphatic rings. The Labute approximate surface area is 283 Å². The van der Waals surface area contributed by atoms with Crippen LogP contribution in [0, 0.1) is 0 Å². The SMILES string of the molecule is COC(=O)c1cc(Br)c2oc(N3CCO[C@H](C)C3)cc(=O)c2c1.COC(=O)c1cc(C(C)=O)c2oc(N3CCO[C@H](C)C3)cc(=O)c2c1. The zero-order valence-electron chi connectivity index (χ0n) is 27.1. The molecular weight excluding hydrogens is 692 g/mol. The molecule has 6 rings (SSSR count). The maximum atomic E-state index is 12.6. The first-order valence-electron chi connectivity index (χ1n) is 15.2. The second-order valence-electron chi connectivity index (χ2n) is 11.4. The number of ketones is 1. The molecule has 14 heteroatoms. The Hall–Kier alpha value is -4.53. The van der Waals surface area contributed by atoms with Crippen molar-refractivity contribution < 1.29 is 42.2 Å². The average Bonchev–Trinajstić information content (AvgIpc) is 3.07. The van der Waals surface area contributed by atoms with E-state index in [4.69, 9.17) is 23.0 Å². The summed E-state index contributed by atoms with van der Waals surface area (Å²) in [7, 11) is 2.54. The van der Waals surface area contributed by atoms with Gasteiger partial charge in [-0.2, -0.15) is 0 Å². The lowest BCUT2D eigenvalue weighted by Gasteiger charge is -2.31. The summed E-state index contributed by atoms with van der Waals surface area (Å²) in [6.07, 6.45) is 0.0959. The summed E-state index contributed by atoms with van der Waals surface area (Å²) >= 11 is 3.37. The van der Waals surface area contributed by atoms with Crippen LogP contribution in [0.25, 0.3) is 21.9 Å². The molecule has 48 heavy (non-hydrogen) atoms. The predicted molar refractivity (Wildman–Crippen MR) is 181 cm³/mol. The predicted octanol–water partition coefficient (Wildman–Crippen LogP) is 4.57. The number of carbonyl (C=O) groups excluding carboxylic acids is 3. The summed E-state index contributed by atoms with van der Waals surface area (Å²) in [5.74, 6) is -0.524. The topological polar surface area (TPSA) is 155 Å². The van der Waals surface area contributed by atoms with Gasteiger partial charge in [0, 0.05) is 38.3 Å². The molecule has 2 fully saturated rings. The standard InChI is InChI=1S/C18H19NO6.C16H16BrNO5/c1-10-9-19(4-5-24-10)16-8-15(21)14-7-12(18(22)23-3)6-13(11(2)20)17(14)25-16;1-9-8-18(3-4-22-9)14-7-13(19)11-5-10(16(20)21-2)6-12(17)15(11)23-14/h6-8,10H,4-5,9H2,1-3H3;5-7,9H,3-4,8H2,1-2H3/t10-;9-/m11/s1. The van der Waals surface area contributed by atoms with E-state index in [2.05, 4.69) is 20.7 Å². The molecule has 2 atom stereocenters. The van der Waals surface area contributed by atoms with Gasteiger partial charge in [-0.3, -0.25) is 14.4 Å². The first-order valence-corrected chi connectivity index (χ1v) is 16.0. The van der Waals surface area contributed by atoms with Crippen molar-refractivity contribution in [2.45, 2.75) is 33.0 Å². The van der Waals surface area contributed by atoms with E-state index in [1.54, 1.807) is 6.07 Å². The zero-order chi connectivity index (χ0) is 34.7. The molecule has 13 nitrogen and oxygen atoms in total. The summed E-state index contributed by atoms with van der Waals surface area (Å²) in [6, 6.07) is 8.70. The van der Waals surface area contributed by atoms with Gasteiger partial charge in [0.1, 0.15) is 0 Å². The number of fused-ring (bicyclic) bond motifs is 2. The van der Waals surface area contributed by atoms with E-state index in [9.17, 15) is 24.0 Å². The van der Waals surface area contributed by atoms with E-state index in [1.165, 1.54) is 51.5 Å². The van der Waals surface area contributed by atoms with Crippen molar-refractivity contribution in [2.75, 3.05) is 63.4 Å². The van der Waals surface area contributed by atoms with Crippen LogP contribution < -0.4 is 20.7 Å². The molecule has 0 N–H and O–H groups in total. The van der Waals surface area contributed by atoms with Crippen molar-refractivity contribution in [2.24, 2.45) is 0 Å². The Kier molecular flexibility index (Phi) is 10.7. The highest BCUT2D eigenvalue weighted by atomic mass is 79.9. The van der Waals surface area contributed by atoms with E-state index >= 15 is 0 Å². The van der Waals surface area contributed by atoms with Crippen LogP contribution in [0.4, 0.5) is 11.8 Å². The third-order valence-electron chi connectivity index (χ3n) is 7.91. The number of carbonyl (C=O) groups is 3. The van der Waals surface area contributed by atoms with E-state index in [0.717, 1.165) is 0 Å². The Morgan fingerprint density at radius 1 is 0.729 bits per heavy atom. The summed E-state index contributed by atoms with van der Waals surface area (Å²) in [5.41, 5.74) is 0.696. The van der Waals surface area contributed by atoms with Crippen LogP contribution in [0.5, 0.6) is 0 Å². The molecule has 2 aliphatic heterocycles. The lowest BCUT2D eigenvalue weighted by atomic mass is 10.0. The smallest absolute Gasteiger partial charge is 0.337 e. The number of nitrogens with zero attached hydrogens (tertiary/aromatic N) is 2. The van der Waals surface area contributed by atoms with Gasteiger partial charge in [-0.05, 0) is 61.0 Å². The second-order valence-corrected chi connectivity index (χ2v) is 12.3. The van der Waals surface area contributed by atoms with Gasteiger partial charge in [0.25, 0.3) is 0 Å². The molecule has 0 saturated carbocycles. The van der Waals surface area contributed by atoms with Crippen molar-refractivity contribution in [3.8, 4) is 0 Å². The Morgan fingerprint density at radius 2 is 1.19 bits per heavy atom. The monoisotopic (exact) mass is 726 g/mol. The Morgan fingerprint density at radius 3 is 1.65 bits per heavy atom. The molecule has 0 radical (unpaired) electrons. The van der Waals surface area contributed by atoms with Crippen molar-refractivity contribution in [1.82, 2.24) is 0 Å². The van der Waals surface area contributed by atoms with Gasteiger partial charge in [-0.1, -0.05) is 0 Å². The molecule has 2 aromatic heterocycles. The van der Waals surface area contributed by atoms with Gasteiger partial charge in [0.05, 0.1) is 71.6 Å². The van der Waals surface area contributed by atoms with Gasteiger partial charge in [-0.15, -0.1) is 0 Å². The average molecular weight is 728 g/mol. The molecule has 2 saturated heterocycles. The summed E-state index contributed by atoms with van der Waals surface area (Å²) in [4.78, 5) is 64.4. The van der Waals surface area contributed by atoms with Gasteiger partial charge in [0.2, 0.25) is 0 Å². The summed E-state index contributed by atoms with van der Waals surface area (Å²) < 4.78 is 32.7. The number of hydrogen-bond donors (Lipinski definition) is 0. The van der Waals surface area contributed by atoms with Crippen LogP contribution in [0.15, 0.2) is 59.3 Å². The zero-order valence-corrected chi connectivity index (χ0v) is 28.7. The number of anilines is 2. The number of ether oxygens (including phenoxy) is 4. The van der Waals surface area contributed by atoms with Crippen molar-refractivity contribution in [3.63, 3.8) is 0 Å². The molecule has 0 amide bonds. The highest BCUT2D eigenvalue weighted by molar-refractivity contribution is 9.10. The first kappa shape index (κ1) is 34.8. The van der Waals surface area contributed by atoms with Gasteiger partial charge >= 0.3 is 11.9 Å². The lowest BCUT2D eigenvalue weighted by molar-refractivity contribution is 0.0516. The minimum atomic E-state index is -0.616. The van der Waals surface area contributed by atoms with Gasteiger partial charge in [-0.25, -0.2) is 9.59 Å². The summed E-state index contributed by atoms with van der Waals surface area (Å²) in [6.45, 7) is 8.90. The molecule has 0 spiro atoms. The quantitative estimate of drug-likeness (QED) is 0.208. The fourth-order valence-corrected chi connectivity index (χ4v) is 6.07. The number of halogens is 1. The van der Waals surface area contributed by atoms with Crippen LogP contribution in [0.1, 0.15) is 51.8 Å². The number of morpholine rings is 2. The molecule has 4 aromatic rings. The minimum Gasteiger partial charge on any atom is -0.465 e. The van der Waals surface area contributed by atoms with E-state index in [1.807, 2.05) is 23.6 Å². The fourth-order valence-electron chi connectivity index (χ4n) is 5.53. The molecule has 0 aliphatic carbocycles. The number of benzene rings is 2. The molecule has 0 bridgehead atoms. The van der Waals surface area contributed by atoms with Crippen LogP contribution >= 0.6 is 15.9 Å². The number of rotatable bonds is 5. The largest absolute Gasteiger partial charge is 0.465 e. The van der Waals surface area contributed by atoms with Crippen LogP contribution in [-0.2, 0) is 18.9 Å². The number of methoxy groups -OCH3 is 2. The van der Waals surface area contributed by atoms with Crippen LogP contribution in [0.3, 0.4) is 0 Å². The van der Waals surface area contributed by atoms with Crippen molar-refractivity contribution in [1.29, 1.82) is 0 Å². The third-order valence-corrected chi connectivity index (χ3v) is 8.50. The van der Waals surface area contributed by atoms with E-state index in [-0.39, 0.29) is 50.9 Å². The van der Waals surface area contributed by atoms with Gasteiger partial charge in [0.15, 0.2) is 39.6 Å². The number of hydrogen-bond acceptors (Lipinski definition) is 13. The van der Waals surface area contributed by atoms with Gasteiger partial charge < -0.3 is 37.6 Å². The van der Waals surface area contributed by atoms with Crippen LogP contribution in [0.2, 0.25) is 0 Å². The van der Waals surface area contributed by atoms with E-state index in [0.29, 0.717) is 72.2 Å². The fraction of sp³-hybridized carbons (Fsp3) is 0.382. The highest BCUT2D eigenvalue weighted by Crippen LogP contribution is 2.29. The summed E-state index contributed by atoms with van der Waals surface area (Å²) in [5, 5.41) is 0.517. The minimum absolute atomic E-state index is 0.0173. The molecular formula is C34H35BrN2O11. The van der Waals surface area contributed by atoms with Crippen molar-refractivity contribution >= 4 is 67.4 Å². The van der Waals surface area contributed by atoms with E-state index < -0.39 is 11.9 Å². The normalized spacial score (nSPS) is 17.9.